The van der Waals surface area contributed by atoms with Crippen LogP contribution in [0.4, 0.5) is 0 Å². The van der Waals surface area contributed by atoms with Crippen LogP contribution in [0.15, 0.2) is 11.6 Å². The van der Waals surface area contributed by atoms with Crippen molar-refractivity contribution in [3.05, 3.63) is 11.6 Å². The monoisotopic (exact) mass is 942 g/mol. The normalized spacial score (nSPS) is 53.2. The van der Waals surface area contributed by atoms with Gasteiger partial charge in [-0.3, -0.25) is 4.79 Å². The van der Waals surface area contributed by atoms with E-state index in [-0.39, 0.29) is 40.4 Å². The third-order valence-electron chi connectivity index (χ3n) is 18.8. The van der Waals surface area contributed by atoms with Crippen LogP contribution in [0.25, 0.3) is 0 Å². The third kappa shape index (κ3) is 7.73. The molecule has 3 heterocycles. The first-order chi connectivity index (χ1) is 30.7. The van der Waals surface area contributed by atoms with E-state index < -0.39 is 140 Å². The maximum Gasteiger partial charge on any atom is 0.335 e. The molecule has 19 nitrogen and oxygen atoms in total. The number of hydrogen-bond acceptors (Lipinski definition) is 18. The molecule has 0 aromatic carbocycles. The van der Waals surface area contributed by atoms with E-state index in [1.807, 2.05) is 13.8 Å². The number of ether oxygens (including phenoxy) is 6. The van der Waals surface area contributed by atoms with Gasteiger partial charge in [-0.1, -0.05) is 60.1 Å². The number of carbonyl (C=O) groups excluding carboxylic acids is 1. The summed E-state index contributed by atoms with van der Waals surface area (Å²) >= 11 is 0. The van der Waals surface area contributed by atoms with Crippen LogP contribution >= 0.6 is 0 Å². The van der Waals surface area contributed by atoms with Gasteiger partial charge in [-0.15, -0.1) is 0 Å². The van der Waals surface area contributed by atoms with E-state index in [2.05, 4.69) is 40.7 Å². The van der Waals surface area contributed by atoms with Crippen LogP contribution in [-0.2, 0) is 38.0 Å². The molecule has 4 saturated carbocycles. The van der Waals surface area contributed by atoms with Gasteiger partial charge in [0.2, 0.25) is 6.29 Å². The molecule has 0 radical (unpaired) electrons. The van der Waals surface area contributed by atoms with Gasteiger partial charge in [0.15, 0.2) is 18.7 Å². The van der Waals surface area contributed by atoms with Crippen LogP contribution in [0.2, 0.25) is 0 Å². The molecule has 3 aliphatic heterocycles. The zero-order valence-corrected chi connectivity index (χ0v) is 39.0. The smallest absolute Gasteiger partial charge is 0.335 e. The van der Waals surface area contributed by atoms with E-state index in [9.17, 15) is 65.8 Å². The Morgan fingerprint density at radius 1 is 0.697 bits per heavy atom. The molecule has 8 aliphatic rings. The van der Waals surface area contributed by atoms with Crippen molar-refractivity contribution in [2.75, 3.05) is 13.2 Å². The van der Waals surface area contributed by atoms with Crippen molar-refractivity contribution < 1.29 is 94.2 Å². The topological polar surface area (TPSA) is 312 Å². The Morgan fingerprint density at radius 2 is 1.36 bits per heavy atom. The molecule has 0 bridgehead atoms. The summed E-state index contributed by atoms with van der Waals surface area (Å²) in [6, 6.07) is 0. The van der Waals surface area contributed by atoms with Crippen LogP contribution in [0.3, 0.4) is 0 Å². The highest BCUT2D eigenvalue weighted by molar-refractivity contribution is 5.79. The third-order valence-corrected chi connectivity index (χ3v) is 18.8. The molecule has 23 unspecified atom stereocenters. The maximum atomic E-state index is 14.7. The summed E-state index contributed by atoms with van der Waals surface area (Å²) in [5.41, 5.74) is -1.82. The number of esters is 1. The number of aliphatic carboxylic acids is 1. The van der Waals surface area contributed by atoms with Gasteiger partial charge >= 0.3 is 11.9 Å². The minimum absolute atomic E-state index is 0.0552. The summed E-state index contributed by atoms with van der Waals surface area (Å²) in [4.78, 5) is 26.9. The predicted molar refractivity (Wildman–Crippen MR) is 226 cm³/mol. The predicted octanol–water partition coefficient (Wildman–Crippen LogP) is -0.157. The molecule has 8 rings (SSSR count). The lowest BCUT2D eigenvalue weighted by molar-refractivity contribution is -0.371. The number of aliphatic hydroxyl groups excluding tert-OH is 10. The number of carbonyl (C=O) groups is 2. The van der Waals surface area contributed by atoms with Gasteiger partial charge in [0.1, 0.15) is 61.0 Å². The second-order valence-corrected chi connectivity index (χ2v) is 23.2. The quantitative estimate of drug-likeness (QED) is 0.0856. The molecule has 66 heavy (non-hydrogen) atoms. The highest BCUT2D eigenvalue weighted by Crippen LogP contribution is 2.76. The largest absolute Gasteiger partial charge is 0.479 e. The second-order valence-electron chi connectivity index (χ2n) is 23.2. The van der Waals surface area contributed by atoms with Gasteiger partial charge in [0.25, 0.3) is 0 Å². The molecule has 0 aromatic heterocycles. The van der Waals surface area contributed by atoms with E-state index in [1.54, 1.807) is 0 Å². The Labute approximate surface area is 385 Å². The highest BCUT2D eigenvalue weighted by Gasteiger charge is 2.71. The highest BCUT2D eigenvalue weighted by atomic mass is 16.8. The first-order valence-corrected chi connectivity index (χ1v) is 23.8. The van der Waals surface area contributed by atoms with Gasteiger partial charge in [0.05, 0.1) is 30.8 Å². The number of carboxylic acids is 1. The van der Waals surface area contributed by atoms with E-state index >= 15 is 0 Å². The zero-order chi connectivity index (χ0) is 48.4. The molecule has 0 aromatic rings. The first kappa shape index (κ1) is 50.5. The molecular formula is C47H74O19. The average molecular weight is 943 g/mol. The molecular weight excluding hydrogens is 868 g/mol. The minimum atomic E-state index is -1.99. The number of carboxylic acid groups (broad SMARTS) is 1. The summed E-state index contributed by atoms with van der Waals surface area (Å²) in [5, 5.41) is 117. The maximum absolute atomic E-state index is 14.7. The van der Waals surface area contributed by atoms with Crippen LogP contribution in [-0.4, -0.2) is 180 Å². The molecule has 19 heteroatoms. The van der Waals surface area contributed by atoms with E-state index in [1.165, 1.54) is 5.57 Å². The molecule has 11 N–H and O–H groups in total. The SMILES string of the molecule is CC1(C)CCC2(C(=O)OC3OC(CO)C(O)C(O)C3O)CCC3(C)C(=CCC4C5(C)CC(O)C(OC6OC(C(=O)O)C(O)C(O)C6OC6OCC(O)C(O)C6O)C(C)(C)C5CCC43C)C2C1. The lowest BCUT2D eigenvalue weighted by Crippen LogP contribution is -2.69. The van der Waals surface area contributed by atoms with Crippen molar-refractivity contribution in [1.29, 1.82) is 0 Å². The lowest BCUT2D eigenvalue weighted by Gasteiger charge is -2.71. The summed E-state index contributed by atoms with van der Waals surface area (Å²) < 4.78 is 35.2. The van der Waals surface area contributed by atoms with Crippen molar-refractivity contribution in [3.63, 3.8) is 0 Å². The van der Waals surface area contributed by atoms with Crippen molar-refractivity contribution in [2.24, 2.45) is 50.2 Å². The molecule has 23 atom stereocenters. The Balaban J connectivity index is 1.07. The molecule has 0 amide bonds. The molecule has 0 spiro atoms. The van der Waals surface area contributed by atoms with E-state index in [0.717, 1.165) is 19.3 Å². The Hall–Kier alpha value is -1.92. The van der Waals surface area contributed by atoms with Gasteiger partial charge in [-0.2, -0.15) is 0 Å². The first-order valence-electron chi connectivity index (χ1n) is 23.8. The average Bonchev–Trinajstić information content (AvgIpc) is 3.24. The zero-order valence-electron chi connectivity index (χ0n) is 39.0. The fourth-order valence-electron chi connectivity index (χ4n) is 14.9. The van der Waals surface area contributed by atoms with Gasteiger partial charge in [-0.05, 0) is 103 Å². The van der Waals surface area contributed by atoms with Gasteiger partial charge in [0, 0.05) is 0 Å². The van der Waals surface area contributed by atoms with Crippen LogP contribution in [0, 0.1) is 50.2 Å². The standard InChI is InChI=1S/C47H74O19/c1-42(2)12-14-47(41(60)66-39-33(57)29(53)28(52)24(18-48)62-39)15-13-45(6)20(21(47)16-42)8-9-26-44(5)17-22(49)36(43(3,4)25(44)10-11-46(26,45)7)65-40-35(31(55)30(54)34(63-40)37(58)59)64-38-32(56)27(51)23(50)19-61-38/h8,21-36,38-40,48-57H,9-19H2,1-7H3,(H,58,59). The Kier molecular flexibility index (Phi) is 13.3. The van der Waals surface area contributed by atoms with Crippen molar-refractivity contribution >= 4 is 11.9 Å². The summed E-state index contributed by atoms with van der Waals surface area (Å²) in [6.45, 7) is 14.2. The number of rotatable bonds is 8. The van der Waals surface area contributed by atoms with E-state index in [4.69, 9.17) is 28.4 Å². The van der Waals surface area contributed by atoms with E-state index in [0.29, 0.717) is 32.1 Å². The number of allylic oxidation sites excluding steroid dienone is 2. The summed E-state index contributed by atoms with van der Waals surface area (Å²) in [6.07, 6.45) is -17.8. The van der Waals surface area contributed by atoms with Crippen LogP contribution in [0.5, 0.6) is 0 Å². The summed E-state index contributed by atoms with van der Waals surface area (Å²) in [7, 11) is 0. The number of fused-ring (bicyclic) bond motifs is 7. The minimum Gasteiger partial charge on any atom is -0.479 e. The molecule has 5 aliphatic carbocycles. The second kappa shape index (κ2) is 17.4. The van der Waals surface area contributed by atoms with Crippen molar-refractivity contribution in [1.82, 2.24) is 0 Å². The van der Waals surface area contributed by atoms with Gasteiger partial charge in [-0.25, -0.2) is 4.79 Å². The van der Waals surface area contributed by atoms with Crippen LogP contribution < -0.4 is 0 Å². The fourth-order valence-corrected chi connectivity index (χ4v) is 14.9. The number of hydrogen-bond donors (Lipinski definition) is 11. The number of aliphatic hydroxyl groups is 10. The van der Waals surface area contributed by atoms with Crippen molar-refractivity contribution in [3.8, 4) is 0 Å². The van der Waals surface area contributed by atoms with Gasteiger partial charge < -0.3 is 84.6 Å². The Morgan fingerprint density at radius 3 is 2.03 bits per heavy atom. The summed E-state index contributed by atoms with van der Waals surface area (Å²) in [5.74, 6) is -2.33. The lowest BCUT2D eigenvalue weighted by atomic mass is 9.33. The van der Waals surface area contributed by atoms with Crippen molar-refractivity contribution in [2.45, 2.75) is 204 Å². The Bertz CT molecular complexity index is 1860. The molecule has 376 valence electrons. The molecule has 3 saturated heterocycles. The fraction of sp³-hybridized carbons (Fsp3) is 0.915. The molecule has 7 fully saturated rings. The van der Waals surface area contributed by atoms with Crippen LogP contribution in [0.1, 0.15) is 106 Å².